The predicted octanol–water partition coefficient (Wildman–Crippen LogP) is 15.0. The van der Waals surface area contributed by atoms with Gasteiger partial charge in [0, 0.05) is 6.42 Å². The van der Waals surface area contributed by atoms with E-state index in [2.05, 4.69) is 23.3 Å². The summed E-state index contributed by atoms with van der Waals surface area (Å²) in [4.78, 5) is 13.2. The fraction of sp³-hybridized carbons (Fsp3) is 0.950. The molecule has 0 spiro atoms. The molecule has 1 aliphatic heterocycles. The molecule has 6 N–H and O–H groups in total. The van der Waals surface area contributed by atoms with Gasteiger partial charge in [0.15, 0.2) is 6.29 Å². The number of ether oxygens (including phenoxy) is 2. The Morgan fingerprint density at radius 1 is 0.534 bits per heavy atom. The van der Waals surface area contributed by atoms with E-state index in [0.29, 0.717) is 6.42 Å². The van der Waals surface area contributed by atoms with Crippen LogP contribution in [0.2, 0.25) is 0 Å². The molecular weight excluding hydrogens is 943 g/mol. The van der Waals surface area contributed by atoms with Crippen molar-refractivity contribution in [2.45, 2.75) is 352 Å². The number of hydrogen-bond donors (Lipinski definition) is 6. The van der Waals surface area contributed by atoms with Crippen molar-refractivity contribution in [1.82, 2.24) is 5.32 Å². The van der Waals surface area contributed by atoms with Gasteiger partial charge in [0.2, 0.25) is 5.91 Å². The van der Waals surface area contributed by atoms with E-state index in [1.54, 1.807) is 6.08 Å². The Balaban J connectivity index is 2.31. The van der Waals surface area contributed by atoms with Crippen molar-refractivity contribution in [3.05, 3.63) is 12.2 Å². The van der Waals surface area contributed by atoms with E-state index in [9.17, 15) is 38.2 Å². The molecule has 0 bridgehead atoms. The van der Waals surface area contributed by atoms with E-state index < -0.39 is 59.9 Å². The minimum absolute atomic E-state index is 0.254. The summed E-state index contributed by atoms with van der Waals surface area (Å²) in [6, 6.07) is -0.940. The molecule has 1 aliphatic rings. The standard InChI is InChI=1S/C60H117NO11S/c1-3-5-7-9-11-13-15-17-19-21-23-25-26-27-28-29-30-32-34-36-38-40-42-44-46-48-50-56(64)61-53(52-70-60-58(66)59(72-73(67,68)69)57(65)55(51-62)71-60)54(63)49-47-45-43-41-39-37-35-33-31-24-22-20-18-16-14-12-10-8-6-4-2/h47,49,53-55,57-60,62-63,65-66H,3-46,48,50-52H2,1-2H3,(H,61,64)(H,67,68,69)/b49-47+. The lowest BCUT2D eigenvalue weighted by molar-refractivity contribution is -0.298. The minimum atomic E-state index is -5.09. The van der Waals surface area contributed by atoms with E-state index in [-0.39, 0.29) is 18.9 Å². The van der Waals surface area contributed by atoms with Crippen LogP contribution in [0.25, 0.3) is 0 Å². The average molecular weight is 1060 g/mol. The molecule has 13 heteroatoms. The van der Waals surface area contributed by atoms with Gasteiger partial charge in [-0.05, 0) is 19.3 Å². The molecule has 1 heterocycles. The van der Waals surface area contributed by atoms with Crippen molar-refractivity contribution >= 4 is 16.3 Å². The van der Waals surface area contributed by atoms with Gasteiger partial charge in [-0.3, -0.25) is 9.35 Å². The maximum Gasteiger partial charge on any atom is 0.397 e. The second kappa shape index (κ2) is 50.4. The van der Waals surface area contributed by atoms with Crippen LogP contribution in [0.1, 0.15) is 309 Å². The van der Waals surface area contributed by atoms with Gasteiger partial charge in [-0.15, -0.1) is 0 Å². The van der Waals surface area contributed by atoms with Crippen LogP contribution < -0.4 is 5.32 Å². The zero-order chi connectivity index (χ0) is 53.3. The van der Waals surface area contributed by atoms with Crippen molar-refractivity contribution in [2.24, 2.45) is 0 Å². The zero-order valence-electron chi connectivity index (χ0n) is 47.2. The maximum atomic E-state index is 13.2. The number of amides is 1. The number of allylic oxidation sites excluding steroid dienone is 1. The lowest BCUT2D eigenvalue weighted by Crippen LogP contribution is -2.61. The lowest BCUT2D eigenvalue weighted by Gasteiger charge is -2.41. The number of unbranched alkanes of at least 4 members (excludes halogenated alkanes) is 43. The summed E-state index contributed by atoms with van der Waals surface area (Å²) in [6.07, 6.45) is 52.6. The van der Waals surface area contributed by atoms with Crippen LogP contribution in [0.15, 0.2) is 12.2 Å². The summed E-state index contributed by atoms with van der Waals surface area (Å²) in [7, 11) is -5.09. The van der Waals surface area contributed by atoms with E-state index in [4.69, 9.17) is 9.47 Å². The highest BCUT2D eigenvalue weighted by Gasteiger charge is 2.48. The first-order chi connectivity index (χ1) is 35.5. The van der Waals surface area contributed by atoms with Crippen LogP contribution in [0.5, 0.6) is 0 Å². The summed E-state index contributed by atoms with van der Waals surface area (Å²) in [5.41, 5.74) is 0. The lowest BCUT2D eigenvalue weighted by atomic mass is 9.99. The molecule has 0 radical (unpaired) electrons. The molecular formula is C60H117NO11S. The molecule has 0 aromatic carbocycles. The first kappa shape index (κ1) is 69.9. The molecule has 12 nitrogen and oxygen atoms in total. The van der Waals surface area contributed by atoms with Crippen LogP contribution in [0.3, 0.4) is 0 Å². The molecule has 1 rings (SSSR count). The van der Waals surface area contributed by atoms with Crippen LogP contribution >= 0.6 is 0 Å². The molecule has 1 saturated heterocycles. The smallest absolute Gasteiger partial charge is 0.394 e. The van der Waals surface area contributed by atoms with Gasteiger partial charge in [-0.25, -0.2) is 4.18 Å². The first-order valence-electron chi connectivity index (χ1n) is 31.1. The Morgan fingerprint density at radius 3 is 1.19 bits per heavy atom. The third kappa shape index (κ3) is 42.5. The third-order valence-corrected chi connectivity index (χ3v) is 15.5. The van der Waals surface area contributed by atoms with Crippen LogP contribution in [0, 0.1) is 0 Å². The number of carbonyl (C=O) groups is 1. The second-order valence-corrected chi connectivity index (χ2v) is 23.1. The Labute approximate surface area is 449 Å². The van der Waals surface area contributed by atoms with Gasteiger partial charge in [-0.1, -0.05) is 296 Å². The number of hydrogen-bond acceptors (Lipinski definition) is 10. The quantitative estimate of drug-likeness (QED) is 0.0193. The van der Waals surface area contributed by atoms with Gasteiger partial charge >= 0.3 is 10.4 Å². The fourth-order valence-electron chi connectivity index (χ4n) is 10.3. The van der Waals surface area contributed by atoms with Crippen LogP contribution in [0.4, 0.5) is 0 Å². The van der Waals surface area contributed by atoms with E-state index in [1.165, 1.54) is 244 Å². The van der Waals surface area contributed by atoms with E-state index in [1.807, 2.05) is 6.08 Å². The molecule has 7 atom stereocenters. The van der Waals surface area contributed by atoms with Crippen molar-refractivity contribution in [3.63, 3.8) is 0 Å². The molecule has 0 aromatic heterocycles. The second-order valence-electron chi connectivity index (χ2n) is 22.0. The molecule has 73 heavy (non-hydrogen) atoms. The fourth-order valence-corrected chi connectivity index (χ4v) is 10.8. The van der Waals surface area contributed by atoms with Crippen molar-refractivity contribution in [2.75, 3.05) is 13.2 Å². The highest BCUT2D eigenvalue weighted by molar-refractivity contribution is 7.80. The largest absolute Gasteiger partial charge is 0.397 e. The maximum absolute atomic E-state index is 13.2. The Bertz CT molecular complexity index is 1340. The van der Waals surface area contributed by atoms with Crippen molar-refractivity contribution in [3.8, 4) is 0 Å². The van der Waals surface area contributed by atoms with Crippen molar-refractivity contribution in [1.29, 1.82) is 0 Å². The highest BCUT2D eigenvalue weighted by Crippen LogP contribution is 2.26. The Kier molecular flexibility index (Phi) is 48.2. The molecule has 434 valence electrons. The molecule has 0 aliphatic carbocycles. The summed E-state index contributed by atoms with van der Waals surface area (Å²) in [5, 5.41) is 45.0. The number of rotatable bonds is 55. The van der Waals surface area contributed by atoms with Gasteiger partial charge in [0.25, 0.3) is 0 Å². The SMILES string of the molecule is CCCCCCCCCCCCCCCCCCCC/C=C/C(O)C(COC1OC(CO)C(O)C(OS(=O)(=O)O)C1O)NC(=O)CCCCCCCCCCCCCCCCCCCCCCCCCCCC. The monoisotopic (exact) mass is 1060 g/mol. The molecule has 1 amide bonds. The molecule has 0 aromatic rings. The average Bonchev–Trinajstić information content (AvgIpc) is 3.37. The molecule has 0 saturated carbocycles. The first-order valence-corrected chi connectivity index (χ1v) is 32.4. The van der Waals surface area contributed by atoms with Gasteiger partial charge in [-0.2, -0.15) is 8.42 Å². The van der Waals surface area contributed by atoms with Gasteiger partial charge in [0.05, 0.1) is 25.4 Å². The number of aliphatic hydroxyl groups excluding tert-OH is 4. The Hall–Kier alpha value is -1.16. The Morgan fingerprint density at radius 2 is 0.863 bits per heavy atom. The number of aliphatic hydroxyl groups is 4. The summed E-state index contributed by atoms with van der Waals surface area (Å²) >= 11 is 0. The topological polar surface area (TPSA) is 192 Å². The molecule has 7 unspecified atom stereocenters. The minimum Gasteiger partial charge on any atom is -0.394 e. The number of carbonyl (C=O) groups excluding carboxylic acids is 1. The van der Waals surface area contributed by atoms with E-state index in [0.717, 1.165) is 38.5 Å². The van der Waals surface area contributed by atoms with Gasteiger partial charge < -0.3 is 35.2 Å². The van der Waals surface area contributed by atoms with Crippen molar-refractivity contribution < 1.29 is 51.8 Å². The van der Waals surface area contributed by atoms with E-state index >= 15 is 0 Å². The number of nitrogens with one attached hydrogen (secondary N) is 1. The summed E-state index contributed by atoms with van der Waals surface area (Å²) in [6.45, 7) is 3.45. The highest BCUT2D eigenvalue weighted by atomic mass is 32.3. The van der Waals surface area contributed by atoms with Crippen LogP contribution in [-0.2, 0) is 28.9 Å². The van der Waals surface area contributed by atoms with Gasteiger partial charge in [0.1, 0.15) is 24.4 Å². The normalized spacial score (nSPS) is 19.2. The third-order valence-electron chi connectivity index (χ3n) is 15.1. The summed E-state index contributed by atoms with van der Waals surface area (Å²) < 4.78 is 47.9. The molecule has 1 fully saturated rings. The summed E-state index contributed by atoms with van der Waals surface area (Å²) in [5.74, 6) is -0.254. The van der Waals surface area contributed by atoms with Crippen LogP contribution in [-0.4, -0.2) is 95.4 Å². The predicted molar refractivity (Wildman–Crippen MR) is 301 cm³/mol. The zero-order valence-corrected chi connectivity index (χ0v) is 48.0.